The number of hydrogen-bond acceptors (Lipinski definition) is 1. The zero-order chi connectivity index (χ0) is 10.9. The van der Waals surface area contributed by atoms with Crippen LogP contribution < -0.4 is 5.32 Å². The molecule has 0 aromatic heterocycles. The fraction of sp³-hybridized carbons (Fsp3) is 0.167. The predicted octanol–water partition coefficient (Wildman–Crippen LogP) is 4.02. The van der Waals surface area contributed by atoms with Crippen LogP contribution in [0.15, 0.2) is 52.7 Å². The smallest absolute Gasteiger partial charge is 0.137 e. The summed E-state index contributed by atoms with van der Waals surface area (Å²) in [5, 5.41) is 3.32. The normalized spacial score (nSPS) is 25.3. The fourth-order valence-electron chi connectivity index (χ4n) is 1.54. The average Bonchev–Trinajstić information content (AvgIpc) is 2.26. The van der Waals surface area contributed by atoms with Gasteiger partial charge in [-0.3, -0.25) is 0 Å². The van der Waals surface area contributed by atoms with E-state index < -0.39 is 0 Å². The van der Waals surface area contributed by atoms with Crippen molar-refractivity contribution in [3.05, 3.63) is 58.2 Å². The molecule has 2 rings (SSSR count). The minimum absolute atomic E-state index is 0.282. The standard InChI is InChI=1S/C12H11Br2N/c1-9-7-12(14,15-8-11(9)13)10-5-3-2-4-6-10/h2-8,15H,1H3. The summed E-state index contributed by atoms with van der Waals surface area (Å²) in [5.74, 6) is 0. The van der Waals surface area contributed by atoms with Crippen LogP contribution >= 0.6 is 31.9 Å². The van der Waals surface area contributed by atoms with Gasteiger partial charge in [0.2, 0.25) is 0 Å². The third kappa shape index (κ3) is 2.18. The number of dihydropyridines is 1. The van der Waals surface area contributed by atoms with E-state index in [1.54, 1.807) is 0 Å². The lowest BCUT2D eigenvalue weighted by Crippen LogP contribution is -2.33. The lowest BCUT2D eigenvalue weighted by molar-refractivity contribution is 0.688. The number of hydrogen-bond donors (Lipinski definition) is 1. The Morgan fingerprint density at radius 2 is 1.87 bits per heavy atom. The summed E-state index contributed by atoms with van der Waals surface area (Å²) < 4.78 is 0.809. The molecule has 0 amide bonds. The summed E-state index contributed by atoms with van der Waals surface area (Å²) >= 11 is 7.21. The van der Waals surface area contributed by atoms with E-state index in [4.69, 9.17) is 0 Å². The number of benzene rings is 1. The summed E-state index contributed by atoms with van der Waals surface area (Å²) in [5.41, 5.74) is 2.41. The van der Waals surface area contributed by atoms with Gasteiger partial charge < -0.3 is 5.32 Å². The van der Waals surface area contributed by atoms with E-state index in [-0.39, 0.29) is 4.45 Å². The first-order valence-corrected chi connectivity index (χ1v) is 6.28. The molecule has 1 nitrogen and oxygen atoms in total. The van der Waals surface area contributed by atoms with E-state index >= 15 is 0 Å². The SMILES string of the molecule is CC1=CC(Br)(c2ccccc2)NC=C1Br. The average molecular weight is 329 g/mol. The van der Waals surface area contributed by atoms with Gasteiger partial charge in [0.05, 0.1) is 0 Å². The highest BCUT2D eigenvalue weighted by molar-refractivity contribution is 9.12. The van der Waals surface area contributed by atoms with Gasteiger partial charge in [-0.15, -0.1) is 0 Å². The Morgan fingerprint density at radius 3 is 2.47 bits per heavy atom. The van der Waals surface area contributed by atoms with Crippen LogP contribution in [-0.4, -0.2) is 0 Å². The maximum atomic E-state index is 3.72. The molecule has 1 aliphatic rings. The quantitative estimate of drug-likeness (QED) is 0.606. The molecule has 1 aliphatic heterocycles. The van der Waals surface area contributed by atoms with E-state index in [1.807, 2.05) is 24.4 Å². The Labute approximate surface area is 107 Å². The van der Waals surface area contributed by atoms with Crippen LogP contribution in [-0.2, 0) is 4.45 Å². The fourth-order valence-corrected chi connectivity index (χ4v) is 2.49. The second-order valence-electron chi connectivity index (χ2n) is 3.54. The van der Waals surface area contributed by atoms with Crippen molar-refractivity contribution in [2.75, 3.05) is 0 Å². The van der Waals surface area contributed by atoms with Gasteiger partial charge in [-0.1, -0.05) is 46.3 Å². The van der Waals surface area contributed by atoms with Gasteiger partial charge in [-0.25, -0.2) is 0 Å². The molecule has 15 heavy (non-hydrogen) atoms. The molecule has 0 saturated heterocycles. The molecular formula is C12H11Br2N. The molecule has 0 fully saturated rings. The Morgan fingerprint density at radius 1 is 1.20 bits per heavy atom. The predicted molar refractivity (Wildman–Crippen MR) is 70.9 cm³/mol. The van der Waals surface area contributed by atoms with Crippen LogP contribution in [0.4, 0.5) is 0 Å². The van der Waals surface area contributed by atoms with Crippen LogP contribution in [0.25, 0.3) is 0 Å². The van der Waals surface area contributed by atoms with Crippen molar-refractivity contribution in [2.24, 2.45) is 0 Å². The van der Waals surface area contributed by atoms with Crippen LogP contribution in [0.3, 0.4) is 0 Å². The third-order valence-corrected chi connectivity index (χ3v) is 4.16. The first kappa shape index (κ1) is 11.0. The Kier molecular flexibility index (Phi) is 3.03. The second kappa shape index (κ2) is 4.14. The van der Waals surface area contributed by atoms with Crippen LogP contribution in [0.5, 0.6) is 0 Å². The van der Waals surface area contributed by atoms with E-state index in [9.17, 15) is 0 Å². The van der Waals surface area contributed by atoms with Crippen molar-refractivity contribution in [3.8, 4) is 0 Å². The van der Waals surface area contributed by atoms with E-state index in [0.29, 0.717) is 0 Å². The van der Waals surface area contributed by atoms with Crippen LogP contribution in [0.1, 0.15) is 12.5 Å². The largest absolute Gasteiger partial charge is 0.368 e. The van der Waals surface area contributed by atoms with Crippen molar-refractivity contribution in [3.63, 3.8) is 0 Å². The summed E-state index contributed by atoms with van der Waals surface area (Å²) in [6.07, 6.45) is 4.13. The molecule has 0 saturated carbocycles. The molecule has 1 aromatic carbocycles. The van der Waals surface area contributed by atoms with Gasteiger partial charge in [0.1, 0.15) is 4.45 Å². The number of rotatable bonds is 1. The van der Waals surface area contributed by atoms with Crippen molar-refractivity contribution in [1.82, 2.24) is 5.32 Å². The number of alkyl halides is 1. The van der Waals surface area contributed by atoms with Gasteiger partial charge in [0.15, 0.2) is 0 Å². The molecule has 1 N–H and O–H groups in total. The van der Waals surface area contributed by atoms with Gasteiger partial charge in [0, 0.05) is 10.7 Å². The summed E-state index contributed by atoms with van der Waals surface area (Å²) in [7, 11) is 0. The van der Waals surface area contributed by atoms with Crippen molar-refractivity contribution < 1.29 is 0 Å². The van der Waals surface area contributed by atoms with Crippen molar-refractivity contribution in [2.45, 2.75) is 11.4 Å². The number of nitrogens with one attached hydrogen (secondary N) is 1. The highest BCUT2D eigenvalue weighted by Gasteiger charge is 2.27. The molecule has 78 valence electrons. The lowest BCUT2D eigenvalue weighted by Gasteiger charge is -2.29. The monoisotopic (exact) mass is 327 g/mol. The molecule has 3 heteroatoms. The van der Waals surface area contributed by atoms with Crippen LogP contribution in [0.2, 0.25) is 0 Å². The van der Waals surface area contributed by atoms with Crippen molar-refractivity contribution >= 4 is 31.9 Å². The third-order valence-electron chi connectivity index (χ3n) is 2.39. The molecule has 0 radical (unpaired) electrons. The highest BCUT2D eigenvalue weighted by Crippen LogP contribution is 2.36. The maximum absolute atomic E-state index is 3.72. The molecular weight excluding hydrogens is 318 g/mol. The molecule has 0 bridgehead atoms. The van der Waals surface area contributed by atoms with E-state index in [0.717, 1.165) is 4.48 Å². The number of halogens is 2. The van der Waals surface area contributed by atoms with E-state index in [2.05, 4.69) is 62.3 Å². The molecule has 1 unspecified atom stereocenters. The summed E-state index contributed by atoms with van der Waals surface area (Å²) in [4.78, 5) is 0. The van der Waals surface area contributed by atoms with E-state index in [1.165, 1.54) is 11.1 Å². The molecule has 0 spiro atoms. The minimum atomic E-state index is -0.282. The Balaban J connectivity index is 2.39. The zero-order valence-corrected chi connectivity index (χ0v) is 11.5. The molecule has 1 heterocycles. The minimum Gasteiger partial charge on any atom is -0.368 e. The first-order valence-electron chi connectivity index (χ1n) is 4.69. The number of allylic oxidation sites excluding steroid dienone is 2. The summed E-state index contributed by atoms with van der Waals surface area (Å²) in [6.45, 7) is 2.08. The highest BCUT2D eigenvalue weighted by atomic mass is 79.9. The molecule has 0 aliphatic carbocycles. The van der Waals surface area contributed by atoms with Crippen LogP contribution in [0, 0.1) is 0 Å². The molecule has 1 atom stereocenters. The maximum Gasteiger partial charge on any atom is 0.137 e. The molecule has 1 aromatic rings. The zero-order valence-electron chi connectivity index (χ0n) is 8.30. The first-order chi connectivity index (χ1) is 7.12. The second-order valence-corrected chi connectivity index (χ2v) is 5.65. The van der Waals surface area contributed by atoms with Crippen molar-refractivity contribution in [1.29, 1.82) is 0 Å². The van der Waals surface area contributed by atoms with Gasteiger partial charge in [0.25, 0.3) is 0 Å². The van der Waals surface area contributed by atoms with Gasteiger partial charge >= 0.3 is 0 Å². The van der Waals surface area contributed by atoms with Gasteiger partial charge in [-0.05, 0) is 40.1 Å². The summed E-state index contributed by atoms with van der Waals surface area (Å²) in [6, 6.07) is 10.3. The topological polar surface area (TPSA) is 12.0 Å². The Hall–Kier alpha value is -0.540. The lowest BCUT2D eigenvalue weighted by atomic mass is 10.0. The Bertz CT molecular complexity index is 423. The van der Waals surface area contributed by atoms with Gasteiger partial charge in [-0.2, -0.15) is 0 Å².